The van der Waals surface area contributed by atoms with E-state index in [4.69, 9.17) is 0 Å². The van der Waals surface area contributed by atoms with E-state index < -0.39 is 0 Å². The molecule has 0 spiro atoms. The lowest BCUT2D eigenvalue weighted by Crippen LogP contribution is -2.38. The summed E-state index contributed by atoms with van der Waals surface area (Å²) in [6.07, 6.45) is 5.95. The number of carbonyl (C=O) groups excluding carboxylic acids is 1. The summed E-state index contributed by atoms with van der Waals surface area (Å²) in [5.74, 6) is -0.0373. The van der Waals surface area contributed by atoms with Gasteiger partial charge in [0.1, 0.15) is 0 Å². The molecule has 0 unspecified atom stereocenters. The van der Waals surface area contributed by atoms with Crippen molar-refractivity contribution in [2.75, 3.05) is 23.7 Å². The number of hydrogen-bond donors (Lipinski definition) is 2. The molecule has 0 radical (unpaired) electrons. The van der Waals surface area contributed by atoms with Crippen molar-refractivity contribution in [1.82, 2.24) is 9.88 Å². The molecule has 0 bridgehead atoms. The maximum atomic E-state index is 11.3. The minimum absolute atomic E-state index is 0.0373. The monoisotopic (exact) mass is 338 g/mol. The Hall–Kier alpha value is -2.40. The third-order valence-corrected chi connectivity index (χ3v) is 4.66. The first-order valence-corrected chi connectivity index (χ1v) is 8.86. The number of anilines is 2. The highest BCUT2D eigenvalue weighted by Crippen LogP contribution is 2.23. The SMILES string of the molecule is CC(=O)Nc1cc(NC2CCN(Cc3ccncc3)CC2)ccc1C. The summed E-state index contributed by atoms with van der Waals surface area (Å²) in [6.45, 7) is 6.71. The second-order valence-electron chi connectivity index (χ2n) is 6.76. The molecule has 3 rings (SSSR count). The predicted octanol–water partition coefficient (Wildman–Crippen LogP) is 3.42. The lowest BCUT2D eigenvalue weighted by molar-refractivity contribution is -0.114. The van der Waals surface area contributed by atoms with Crippen LogP contribution in [0.15, 0.2) is 42.7 Å². The van der Waals surface area contributed by atoms with Crippen LogP contribution in [-0.4, -0.2) is 34.9 Å². The van der Waals surface area contributed by atoms with Gasteiger partial charge in [0.05, 0.1) is 0 Å². The quantitative estimate of drug-likeness (QED) is 0.877. The van der Waals surface area contributed by atoms with Gasteiger partial charge >= 0.3 is 0 Å². The summed E-state index contributed by atoms with van der Waals surface area (Å²) in [7, 11) is 0. The average molecular weight is 338 g/mol. The normalized spacial score (nSPS) is 15.8. The summed E-state index contributed by atoms with van der Waals surface area (Å²) < 4.78 is 0. The van der Waals surface area contributed by atoms with Gasteiger partial charge in [-0.15, -0.1) is 0 Å². The minimum atomic E-state index is -0.0373. The number of pyridine rings is 1. The number of likely N-dealkylation sites (tertiary alicyclic amines) is 1. The molecule has 0 saturated carbocycles. The molecular formula is C20H26N4O. The molecule has 0 aliphatic carbocycles. The molecule has 25 heavy (non-hydrogen) atoms. The number of nitrogens with one attached hydrogen (secondary N) is 2. The summed E-state index contributed by atoms with van der Waals surface area (Å²) in [5, 5.41) is 6.51. The largest absolute Gasteiger partial charge is 0.382 e. The number of aromatic nitrogens is 1. The standard InChI is InChI=1S/C20H26N4O/c1-15-3-4-19(13-20(15)22-16(2)25)23-18-7-11-24(12-8-18)14-17-5-9-21-10-6-17/h3-6,9-10,13,18,23H,7-8,11-12,14H2,1-2H3,(H,22,25). The Kier molecular flexibility index (Phi) is 5.66. The summed E-state index contributed by atoms with van der Waals surface area (Å²) >= 11 is 0. The van der Waals surface area contributed by atoms with Gasteiger partial charge in [0.15, 0.2) is 0 Å². The van der Waals surface area contributed by atoms with Crippen LogP contribution in [0.5, 0.6) is 0 Å². The van der Waals surface area contributed by atoms with E-state index in [9.17, 15) is 4.79 Å². The lowest BCUT2D eigenvalue weighted by Gasteiger charge is -2.33. The highest BCUT2D eigenvalue weighted by molar-refractivity contribution is 5.90. The zero-order chi connectivity index (χ0) is 17.6. The third kappa shape index (κ3) is 5.03. The van der Waals surface area contributed by atoms with Crippen LogP contribution < -0.4 is 10.6 Å². The van der Waals surface area contributed by atoms with Crippen molar-refractivity contribution >= 4 is 17.3 Å². The number of rotatable bonds is 5. The van der Waals surface area contributed by atoms with Gasteiger partial charge in [-0.1, -0.05) is 6.07 Å². The Labute approximate surface area is 149 Å². The van der Waals surface area contributed by atoms with Crippen molar-refractivity contribution in [1.29, 1.82) is 0 Å². The molecule has 132 valence electrons. The van der Waals surface area contributed by atoms with E-state index in [0.29, 0.717) is 6.04 Å². The fourth-order valence-electron chi connectivity index (χ4n) is 3.25. The number of benzene rings is 1. The van der Waals surface area contributed by atoms with Gasteiger partial charge in [0.25, 0.3) is 0 Å². The Morgan fingerprint density at radius 2 is 1.92 bits per heavy atom. The summed E-state index contributed by atoms with van der Waals surface area (Å²) in [5.41, 5.74) is 4.35. The molecule has 5 nitrogen and oxygen atoms in total. The fraction of sp³-hybridized carbons (Fsp3) is 0.400. The van der Waals surface area contributed by atoms with Gasteiger partial charge in [-0.3, -0.25) is 14.7 Å². The first-order chi connectivity index (χ1) is 12.1. The van der Waals surface area contributed by atoms with Crippen molar-refractivity contribution in [3.8, 4) is 0 Å². The van der Waals surface area contributed by atoms with Crippen molar-refractivity contribution < 1.29 is 4.79 Å². The maximum absolute atomic E-state index is 11.3. The minimum Gasteiger partial charge on any atom is -0.382 e. The number of amides is 1. The average Bonchev–Trinajstić information content (AvgIpc) is 2.60. The van der Waals surface area contributed by atoms with Crippen LogP contribution in [-0.2, 0) is 11.3 Å². The molecule has 1 amide bonds. The molecule has 1 aliphatic heterocycles. The molecule has 2 aromatic rings. The molecule has 1 aliphatic rings. The number of piperidine rings is 1. The van der Waals surface area contributed by atoms with Crippen LogP contribution in [0.2, 0.25) is 0 Å². The second kappa shape index (κ2) is 8.12. The van der Waals surface area contributed by atoms with Crippen molar-refractivity contribution in [2.45, 2.75) is 39.3 Å². The van der Waals surface area contributed by atoms with Gasteiger partial charge < -0.3 is 10.6 Å². The van der Waals surface area contributed by atoms with Crippen LogP contribution in [0.3, 0.4) is 0 Å². The smallest absolute Gasteiger partial charge is 0.221 e. The fourth-order valence-corrected chi connectivity index (χ4v) is 3.25. The molecule has 0 atom stereocenters. The molecule has 1 aromatic carbocycles. The molecule has 1 fully saturated rings. The van der Waals surface area contributed by atoms with Crippen molar-refractivity contribution in [3.63, 3.8) is 0 Å². The Bertz CT molecular complexity index is 709. The molecule has 1 aromatic heterocycles. The zero-order valence-electron chi connectivity index (χ0n) is 15.0. The van der Waals surface area contributed by atoms with E-state index in [1.807, 2.05) is 31.5 Å². The van der Waals surface area contributed by atoms with E-state index in [0.717, 1.165) is 49.4 Å². The van der Waals surface area contributed by atoms with E-state index >= 15 is 0 Å². The zero-order valence-corrected chi connectivity index (χ0v) is 15.0. The topological polar surface area (TPSA) is 57.3 Å². The Morgan fingerprint density at radius 1 is 1.20 bits per heavy atom. The summed E-state index contributed by atoms with van der Waals surface area (Å²) in [4.78, 5) is 17.9. The molecule has 2 N–H and O–H groups in total. The molecule has 5 heteroatoms. The van der Waals surface area contributed by atoms with Gasteiger partial charge in [0.2, 0.25) is 5.91 Å². The lowest BCUT2D eigenvalue weighted by atomic mass is 10.0. The number of nitrogens with zero attached hydrogens (tertiary/aromatic N) is 2. The first kappa shape index (κ1) is 17.4. The van der Waals surface area contributed by atoms with Crippen LogP contribution in [0.1, 0.15) is 30.9 Å². The maximum Gasteiger partial charge on any atom is 0.221 e. The van der Waals surface area contributed by atoms with Gasteiger partial charge in [-0.25, -0.2) is 0 Å². The van der Waals surface area contributed by atoms with Crippen LogP contribution in [0.25, 0.3) is 0 Å². The molecular weight excluding hydrogens is 312 g/mol. The summed E-state index contributed by atoms with van der Waals surface area (Å²) in [6, 6.07) is 10.8. The number of hydrogen-bond acceptors (Lipinski definition) is 4. The third-order valence-electron chi connectivity index (χ3n) is 4.66. The second-order valence-corrected chi connectivity index (χ2v) is 6.76. The highest BCUT2D eigenvalue weighted by Gasteiger charge is 2.19. The van der Waals surface area contributed by atoms with Crippen LogP contribution in [0.4, 0.5) is 11.4 Å². The predicted molar refractivity (Wildman–Crippen MR) is 102 cm³/mol. The highest BCUT2D eigenvalue weighted by atomic mass is 16.1. The van der Waals surface area contributed by atoms with E-state index in [1.54, 1.807) is 0 Å². The number of aryl methyl sites for hydroxylation is 1. The van der Waals surface area contributed by atoms with E-state index in [-0.39, 0.29) is 5.91 Å². The van der Waals surface area contributed by atoms with E-state index in [1.165, 1.54) is 12.5 Å². The molecule has 1 saturated heterocycles. The molecule has 2 heterocycles. The Morgan fingerprint density at radius 3 is 2.60 bits per heavy atom. The van der Waals surface area contributed by atoms with Crippen molar-refractivity contribution in [2.24, 2.45) is 0 Å². The van der Waals surface area contributed by atoms with E-state index in [2.05, 4.69) is 38.7 Å². The van der Waals surface area contributed by atoms with Crippen molar-refractivity contribution in [3.05, 3.63) is 53.9 Å². The number of carbonyl (C=O) groups is 1. The first-order valence-electron chi connectivity index (χ1n) is 8.86. The van der Waals surface area contributed by atoms with Gasteiger partial charge in [0, 0.05) is 56.4 Å². The van der Waals surface area contributed by atoms with Crippen LogP contribution >= 0.6 is 0 Å². The Balaban J connectivity index is 1.53. The van der Waals surface area contributed by atoms with Gasteiger partial charge in [-0.2, -0.15) is 0 Å². The van der Waals surface area contributed by atoms with Crippen LogP contribution in [0, 0.1) is 6.92 Å². The van der Waals surface area contributed by atoms with Gasteiger partial charge in [-0.05, 0) is 55.2 Å².